The van der Waals surface area contributed by atoms with Crippen LogP contribution in [0, 0.1) is 12.8 Å². The van der Waals surface area contributed by atoms with Crippen LogP contribution in [0.25, 0.3) is 10.9 Å². The van der Waals surface area contributed by atoms with Crippen molar-refractivity contribution in [2.24, 2.45) is 5.92 Å². The first-order valence-electron chi connectivity index (χ1n) is 10.8. The first-order valence-corrected chi connectivity index (χ1v) is 10.8. The van der Waals surface area contributed by atoms with Crippen molar-refractivity contribution in [3.05, 3.63) is 71.9 Å². The number of likely N-dealkylation sites (tertiary alicyclic amines) is 1. The molecule has 1 aromatic heterocycles. The molecule has 4 heteroatoms. The van der Waals surface area contributed by atoms with Crippen molar-refractivity contribution in [1.82, 2.24) is 9.88 Å². The van der Waals surface area contributed by atoms with Crippen molar-refractivity contribution in [3.63, 3.8) is 0 Å². The van der Waals surface area contributed by atoms with Crippen LogP contribution in [-0.2, 0) is 4.79 Å². The van der Waals surface area contributed by atoms with Crippen molar-refractivity contribution in [3.8, 4) is 0 Å². The summed E-state index contributed by atoms with van der Waals surface area (Å²) in [6, 6.07) is 20.6. The molecule has 3 aromatic rings. The number of rotatable bonds is 3. The molecular weight excluding hydrogens is 370 g/mol. The fourth-order valence-corrected chi connectivity index (χ4v) is 3.67. The van der Waals surface area contributed by atoms with Crippen LogP contribution >= 0.6 is 0 Å². The van der Waals surface area contributed by atoms with Gasteiger partial charge in [-0.2, -0.15) is 0 Å². The predicted molar refractivity (Wildman–Crippen MR) is 126 cm³/mol. The zero-order chi connectivity index (χ0) is 21.5. The normalized spacial score (nSPS) is 15.0. The molecule has 0 bridgehead atoms. The molecule has 1 saturated heterocycles. The van der Waals surface area contributed by atoms with Crippen LogP contribution in [0.5, 0.6) is 0 Å². The topological polar surface area (TPSA) is 45.2 Å². The number of anilines is 1. The number of fused-ring (bicyclic) bond motifs is 1. The summed E-state index contributed by atoms with van der Waals surface area (Å²) < 4.78 is 0. The Kier molecular flexibility index (Phi) is 7.58. The minimum Gasteiger partial charge on any atom is -0.326 e. The van der Waals surface area contributed by atoms with Gasteiger partial charge in [0.05, 0.1) is 5.52 Å². The predicted octanol–water partition coefficient (Wildman–Crippen LogP) is 5.63. The summed E-state index contributed by atoms with van der Waals surface area (Å²) in [5, 5.41) is 4.19. The van der Waals surface area contributed by atoms with Crippen molar-refractivity contribution in [2.45, 2.75) is 39.5 Å². The molecule has 1 fully saturated rings. The van der Waals surface area contributed by atoms with Crippen molar-refractivity contribution >= 4 is 22.5 Å². The van der Waals surface area contributed by atoms with Gasteiger partial charge in [0.1, 0.15) is 0 Å². The van der Waals surface area contributed by atoms with E-state index in [1.54, 1.807) is 0 Å². The largest absolute Gasteiger partial charge is 0.326 e. The summed E-state index contributed by atoms with van der Waals surface area (Å²) in [5.41, 5.74) is 4.43. The van der Waals surface area contributed by atoms with E-state index < -0.39 is 0 Å². The Morgan fingerprint density at radius 3 is 2.50 bits per heavy atom. The molecule has 4 nitrogen and oxygen atoms in total. The second kappa shape index (κ2) is 10.4. The van der Waals surface area contributed by atoms with Crippen LogP contribution in [0.4, 0.5) is 5.69 Å². The van der Waals surface area contributed by atoms with Gasteiger partial charge in [-0.15, -0.1) is 0 Å². The molecule has 1 aliphatic heterocycles. The van der Waals surface area contributed by atoms with Gasteiger partial charge in [0.25, 0.3) is 0 Å². The van der Waals surface area contributed by atoms with Gasteiger partial charge in [-0.1, -0.05) is 50.2 Å². The van der Waals surface area contributed by atoms with Crippen molar-refractivity contribution in [2.75, 3.05) is 25.5 Å². The van der Waals surface area contributed by atoms with E-state index in [2.05, 4.69) is 46.5 Å². The lowest BCUT2D eigenvalue weighted by Gasteiger charge is -2.29. The third-order valence-electron chi connectivity index (χ3n) is 5.61. The van der Waals surface area contributed by atoms with Crippen molar-refractivity contribution < 1.29 is 4.79 Å². The number of carbonyl (C=O) groups excluding carboxylic acids is 1. The average molecular weight is 404 g/mol. The highest BCUT2D eigenvalue weighted by molar-refractivity contribution is 5.92. The summed E-state index contributed by atoms with van der Waals surface area (Å²) in [7, 11) is 2.18. The fourth-order valence-electron chi connectivity index (χ4n) is 3.67. The van der Waals surface area contributed by atoms with E-state index in [0.29, 0.717) is 5.92 Å². The number of piperidine rings is 1. The number of carbonyl (C=O) groups is 1. The molecule has 0 atom stereocenters. The minimum absolute atomic E-state index is 0.0204. The molecular formula is C26H33N3O. The number of nitrogens with zero attached hydrogens (tertiary/aromatic N) is 2. The molecule has 0 spiro atoms. The monoisotopic (exact) mass is 403 g/mol. The van der Waals surface area contributed by atoms with Crippen LogP contribution in [0.3, 0.4) is 0 Å². The van der Waals surface area contributed by atoms with Crippen LogP contribution in [0.2, 0.25) is 0 Å². The van der Waals surface area contributed by atoms with Gasteiger partial charge in [0.2, 0.25) is 5.91 Å². The molecule has 1 amide bonds. The highest BCUT2D eigenvalue weighted by atomic mass is 16.1. The minimum atomic E-state index is 0.0204. The molecule has 4 rings (SSSR count). The van der Waals surface area contributed by atoms with E-state index in [1.165, 1.54) is 23.8 Å². The van der Waals surface area contributed by atoms with E-state index in [4.69, 9.17) is 0 Å². The van der Waals surface area contributed by atoms with Gasteiger partial charge in [0, 0.05) is 22.7 Å². The number of pyridine rings is 1. The number of benzene rings is 2. The maximum Gasteiger partial charge on any atom is 0.226 e. The Labute approximate surface area is 180 Å². The molecule has 1 aliphatic rings. The smallest absolute Gasteiger partial charge is 0.226 e. The Bertz CT molecular complexity index is 975. The van der Waals surface area contributed by atoms with E-state index in [0.717, 1.165) is 30.0 Å². The van der Waals surface area contributed by atoms with Gasteiger partial charge in [0.15, 0.2) is 0 Å². The van der Waals surface area contributed by atoms with Crippen LogP contribution in [0.15, 0.2) is 60.7 Å². The van der Waals surface area contributed by atoms with E-state index in [1.807, 2.05) is 57.2 Å². The Hall–Kier alpha value is -2.72. The van der Waals surface area contributed by atoms with E-state index in [-0.39, 0.29) is 11.8 Å². The molecule has 1 N–H and O–H groups in total. The number of amides is 1. The van der Waals surface area contributed by atoms with Gasteiger partial charge in [-0.05, 0) is 75.6 Å². The Morgan fingerprint density at radius 1 is 1.03 bits per heavy atom. The summed E-state index contributed by atoms with van der Waals surface area (Å²) in [5.74, 6) is 0.736. The molecule has 0 saturated carbocycles. The highest BCUT2D eigenvalue weighted by Gasteiger charge is 2.18. The quantitative estimate of drug-likeness (QED) is 0.616. The lowest BCUT2D eigenvalue weighted by molar-refractivity contribution is -0.118. The average Bonchev–Trinajstić information content (AvgIpc) is 2.75. The van der Waals surface area contributed by atoms with Crippen LogP contribution < -0.4 is 5.32 Å². The fraction of sp³-hybridized carbons (Fsp3) is 0.385. The third kappa shape index (κ3) is 6.14. The molecule has 0 aliphatic carbocycles. The van der Waals surface area contributed by atoms with E-state index >= 15 is 0 Å². The maximum atomic E-state index is 11.7. The zero-order valence-electron chi connectivity index (χ0n) is 18.6. The first-order chi connectivity index (χ1) is 14.4. The molecule has 30 heavy (non-hydrogen) atoms. The Balaban J connectivity index is 0.000000196. The molecule has 158 valence electrons. The zero-order valence-corrected chi connectivity index (χ0v) is 18.6. The number of para-hydroxylation sites is 1. The number of nitrogens with one attached hydrogen (secondary N) is 1. The van der Waals surface area contributed by atoms with E-state index in [9.17, 15) is 4.79 Å². The Morgan fingerprint density at radius 2 is 1.77 bits per heavy atom. The van der Waals surface area contributed by atoms with Gasteiger partial charge >= 0.3 is 0 Å². The third-order valence-corrected chi connectivity index (χ3v) is 5.61. The molecule has 2 heterocycles. The second-order valence-electron chi connectivity index (χ2n) is 8.49. The summed E-state index contributed by atoms with van der Waals surface area (Å²) >= 11 is 0. The molecule has 2 aromatic carbocycles. The van der Waals surface area contributed by atoms with Crippen molar-refractivity contribution in [1.29, 1.82) is 0 Å². The summed E-state index contributed by atoms with van der Waals surface area (Å²) in [6.07, 6.45) is 2.41. The van der Waals surface area contributed by atoms with Gasteiger partial charge in [-0.3, -0.25) is 9.78 Å². The number of hydrogen-bond acceptors (Lipinski definition) is 3. The first kappa shape index (κ1) is 22.0. The number of aromatic nitrogens is 1. The van der Waals surface area contributed by atoms with Gasteiger partial charge in [-0.25, -0.2) is 0 Å². The summed E-state index contributed by atoms with van der Waals surface area (Å²) in [6.45, 7) is 8.15. The lowest BCUT2D eigenvalue weighted by Crippen LogP contribution is -2.29. The second-order valence-corrected chi connectivity index (χ2v) is 8.49. The lowest BCUT2D eigenvalue weighted by atomic mass is 9.89. The SMILES string of the molecule is CC(C)C(=O)Nc1cccc(C2CCN(C)CC2)c1.Cc1ccc2ccccc2n1. The summed E-state index contributed by atoms with van der Waals surface area (Å²) in [4.78, 5) is 18.5. The number of aryl methyl sites for hydroxylation is 1. The highest BCUT2D eigenvalue weighted by Crippen LogP contribution is 2.29. The van der Waals surface area contributed by atoms with Gasteiger partial charge < -0.3 is 10.2 Å². The standard InChI is InChI=1S/C16H24N2O.C10H9N/c1-12(2)16(19)17-15-6-4-5-14(11-15)13-7-9-18(3)10-8-13;1-8-6-7-9-4-2-3-5-10(9)11-8/h4-6,11-13H,7-10H2,1-3H3,(H,17,19);2-7H,1H3. The molecule has 0 unspecified atom stereocenters. The molecule has 0 radical (unpaired) electrons. The maximum absolute atomic E-state index is 11.7. The van der Waals surface area contributed by atoms with Crippen LogP contribution in [-0.4, -0.2) is 35.9 Å². The number of hydrogen-bond donors (Lipinski definition) is 1. The van der Waals surface area contributed by atoms with Crippen LogP contribution in [0.1, 0.15) is 43.9 Å².